The van der Waals surface area contributed by atoms with Crippen LogP contribution in [0.1, 0.15) is 47.9 Å². The summed E-state index contributed by atoms with van der Waals surface area (Å²) in [6.45, 7) is 5.56. The Hall–Kier alpha value is -1.49. The van der Waals surface area contributed by atoms with Crippen molar-refractivity contribution in [2.45, 2.75) is 51.6 Å². The molecule has 20 heavy (non-hydrogen) atoms. The Kier molecular flexibility index (Phi) is 3.70. The van der Waals surface area contributed by atoms with Gasteiger partial charge in [0.05, 0.1) is 17.0 Å². The average molecular weight is 274 g/mol. The van der Waals surface area contributed by atoms with Crippen molar-refractivity contribution in [1.29, 1.82) is 0 Å². The number of amides is 1. The summed E-state index contributed by atoms with van der Waals surface area (Å²) in [5.74, 6) is 0.120. The number of likely N-dealkylation sites (tertiary alicyclic amines) is 1. The third-order valence-electron chi connectivity index (χ3n) is 4.37. The van der Waals surface area contributed by atoms with E-state index < -0.39 is 0 Å². The lowest BCUT2D eigenvalue weighted by molar-refractivity contribution is 0.0746. The SMILES string of the molecule is CCc1nnc(C)cc1C(=O)N1CCC2CCC(C1)N2. The molecular formula is C15H22N4O. The van der Waals surface area contributed by atoms with Crippen LogP contribution in [0.5, 0.6) is 0 Å². The molecule has 2 unspecified atom stereocenters. The number of hydrogen-bond acceptors (Lipinski definition) is 4. The predicted octanol–water partition coefficient (Wildman–Crippen LogP) is 1.31. The highest BCUT2D eigenvalue weighted by Crippen LogP contribution is 2.22. The lowest BCUT2D eigenvalue weighted by atomic mass is 10.1. The molecule has 5 nitrogen and oxygen atoms in total. The van der Waals surface area contributed by atoms with Gasteiger partial charge in [0.2, 0.25) is 0 Å². The molecule has 0 radical (unpaired) electrons. The highest BCUT2D eigenvalue weighted by atomic mass is 16.2. The number of aryl methyl sites for hydroxylation is 2. The van der Waals surface area contributed by atoms with Gasteiger partial charge >= 0.3 is 0 Å². The second kappa shape index (κ2) is 5.48. The van der Waals surface area contributed by atoms with Crippen LogP contribution in [0.25, 0.3) is 0 Å². The van der Waals surface area contributed by atoms with E-state index in [1.807, 2.05) is 24.8 Å². The summed E-state index contributed by atoms with van der Waals surface area (Å²) in [5, 5.41) is 11.8. The first-order valence-electron chi connectivity index (χ1n) is 7.56. The van der Waals surface area contributed by atoms with Crippen molar-refractivity contribution in [1.82, 2.24) is 20.4 Å². The Morgan fingerprint density at radius 2 is 2.15 bits per heavy atom. The highest BCUT2D eigenvalue weighted by molar-refractivity contribution is 5.95. The summed E-state index contributed by atoms with van der Waals surface area (Å²) >= 11 is 0. The van der Waals surface area contributed by atoms with Gasteiger partial charge in [0.15, 0.2) is 0 Å². The smallest absolute Gasteiger partial charge is 0.255 e. The summed E-state index contributed by atoms with van der Waals surface area (Å²) < 4.78 is 0. The molecule has 108 valence electrons. The Morgan fingerprint density at radius 3 is 2.95 bits per heavy atom. The van der Waals surface area contributed by atoms with Crippen LogP contribution in [0.2, 0.25) is 0 Å². The zero-order valence-corrected chi connectivity index (χ0v) is 12.2. The van der Waals surface area contributed by atoms with Gasteiger partial charge in [0.25, 0.3) is 5.91 Å². The molecule has 0 spiro atoms. The maximum absolute atomic E-state index is 12.8. The largest absolute Gasteiger partial charge is 0.337 e. The topological polar surface area (TPSA) is 58.1 Å². The van der Waals surface area contributed by atoms with Crippen LogP contribution in [0, 0.1) is 6.92 Å². The van der Waals surface area contributed by atoms with Gasteiger partial charge in [-0.3, -0.25) is 4.79 Å². The zero-order chi connectivity index (χ0) is 14.1. The van der Waals surface area contributed by atoms with Crippen molar-refractivity contribution in [3.05, 3.63) is 23.0 Å². The first-order valence-corrected chi connectivity index (χ1v) is 7.56. The van der Waals surface area contributed by atoms with Crippen molar-refractivity contribution < 1.29 is 4.79 Å². The average Bonchev–Trinajstić information content (AvgIpc) is 2.77. The van der Waals surface area contributed by atoms with E-state index in [1.165, 1.54) is 12.8 Å². The Morgan fingerprint density at radius 1 is 1.35 bits per heavy atom. The molecule has 2 aliphatic heterocycles. The lowest BCUT2D eigenvalue weighted by Crippen LogP contribution is -2.39. The first kappa shape index (κ1) is 13.5. The van der Waals surface area contributed by atoms with E-state index in [0.717, 1.165) is 42.9 Å². The van der Waals surface area contributed by atoms with Gasteiger partial charge in [-0.2, -0.15) is 10.2 Å². The maximum Gasteiger partial charge on any atom is 0.255 e. The van der Waals surface area contributed by atoms with Crippen molar-refractivity contribution in [2.75, 3.05) is 13.1 Å². The fourth-order valence-electron chi connectivity index (χ4n) is 3.26. The van der Waals surface area contributed by atoms with Gasteiger partial charge in [-0.25, -0.2) is 0 Å². The maximum atomic E-state index is 12.8. The van der Waals surface area contributed by atoms with E-state index in [0.29, 0.717) is 12.1 Å². The van der Waals surface area contributed by atoms with Gasteiger partial charge < -0.3 is 10.2 Å². The summed E-state index contributed by atoms with van der Waals surface area (Å²) in [6, 6.07) is 2.94. The van der Waals surface area contributed by atoms with Crippen LogP contribution in [-0.2, 0) is 6.42 Å². The minimum Gasteiger partial charge on any atom is -0.337 e. The highest BCUT2D eigenvalue weighted by Gasteiger charge is 2.32. The molecule has 2 atom stereocenters. The molecule has 3 heterocycles. The molecule has 1 aromatic heterocycles. The summed E-state index contributed by atoms with van der Waals surface area (Å²) in [4.78, 5) is 14.8. The summed E-state index contributed by atoms with van der Waals surface area (Å²) in [6.07, 6.45) is 4.24. The fraction of sp³-hybridized carbons (Fsp3) is 0.667. The molecule has 0 aliphatic carbocycles. The molecule has 2 fully saturated rings. The molecule has 3 rings (SSSR count). The van der Waals surface area contributed by atoms with Crippen LogP contribution in [-0.4, -0.2) is 46.2 Å². The fourth-order valence-corrected chi connectivity index (χ4v) is 3.26. The van der Waals surface area contributed by atoms with Crippen molar-refractivity contribution >= 4 is 5.91 Å². The molecule has 2 aliphatic rings. The van der Waals surface area contributed by atoms with Gasteiger partial charge in [-0.1, -0.05) is 6.92 Å². The van der Waals surface area contributed by atoms with E-state index in [-0.39, 0.29) is 5.91 Å². The predicted molar refractivity (Wildman–Crippen MR) is 76.6 cm³/mol. The third-order valence-corrected chi connectivity index (χ3v) is 4.37. The molecule has 2 bridgehead atoms. The van der Waals surface area contributed by atoms with Crippen LogP contribution in [0.4, 0.5) is 0 Å². The Balaban J connectivity index is 1.83. The molecule has 5 heteroatoms. The molecule has 1 amide bonds. The van der Waals surface area contributed by atoms with E-state index in [2.05, 4.69) is 15.5 Å². The van der Waals surface area contributed by atoms with Crippen molar-refractivity contribution in [3.63, 3.8) is 0 Å². The number of aromatic nitrogens is 2. The van der Waals surface area contributed by atoms with Gasteiger partial charge in [0, 0.05) is 25.2 Å². The third kappa shape index (κ3) is 2.54. The van der Waals surface area contributed by atoms with Gasteiger partial charge in [-0.15, -0.1) is 0 Å². The quantitative estimate of drug-likeness (QED) is 0.883. The minimum atomic E-state index is 0.120. The van der Waals surface area contributed by atoms with Gasteiger partial charge in [0.1, 0.15) is 0 Å². The van der Waals surface area contributed by atoms with Crippen LogP contribution >= 0.6 is 0 Å². The summed E-state index contributed by atoms with van der Waals surface area (Å²) in [5.41, 5.74) is 2.35. The molecule has 2 saturated heterocycles. The number of nitrogens with one attached hydrogen (secondary N) is 1. The molecular weight excluding hydrogens is 252 g/mol. The second-order valence-electron chi connectivity index (χ2n) is 5.88. The van der Waals surface area contributed by atoms with Crippen LogP contribution < -0.4 is 5.32 Å². The number of carbonyl (C=O) groups is 1. The van der Waals surface area contributed by atoms with Crippen LogP contribution in [0.15, 0.2) is 6.07 Å². The number of hydrogen-bond donors (Lipinski definition) is 1. The van der Waals surface area contributed by atoms with Crippen molar-refractivity contribution in [2.24, 2.45) is 0 Å². The molecule has 1 N–H and O–H groups in total. The summed E-state index contributed by atoms with van der Waals surface area (Å²) in [7, 11) is 0. The number of rotatable bonds is 2. The number of fused-ring (bicyclic) bond motifs is 2. The van der Waals surface area contributed by atoms with E-state index in [1.54, 1.807) is 0 Å². The van der Waals surface area contributed by atoms with Crippen LogP contribution in [0.3, 0.4) is 0 Å². The van der Waals surface area contributed by atoms with E-state index in [4.69, 9.17) is 0 Å². The molecule has 0 saturated carbocycles. The monoisotopic (exact) mass is 274 g/mol. The van der Waals surface area contributed by atoms with Crippen molar-refractivity contribution in [3.8, 4) is 0 Å². The van der Waals surface area contributed by atoms with Gasteiger partial charge in [-0.05, 0) is 38.7 Å². The van der Waals surface area contributed by atoms with E-state index >= 15 is 0 Å². The normalized spacial score (nSPS) is 25.6. The Bertz CT molecular complexity index is 517. The van der Waals surface area contributed by atoms with E-state index in [9.17, 15) is 4.79 Å². The number of nitrogens with zero attached hydrogens (tertiary/aromatic N) is 3. The molecule has 1 aromatic rings. The minimum absolute atomic E-state index is 0.120. The Labute approximate surface area is 119 Å². The molecule has 0 aromatic carbocycles. The second-order valence-corrected chi connectivity index (χ2v) is 5.88. The standard InChI is InChI=1S/C15H22N4O/c1-3-14-13(8-10(2)17-18-14)15(20)19-7-6-11-4-5-12(9-19)16-11/h8,11-12,16H,3-7,9H2,1-2H3. The lowest BCUT2D eigenvalue weighted by Gasteiger charge is -2.25. The first-order chi connectivity index (χ1) is 9.67. The number of carbonyl (C=O) groups excluding carboxylic acids is 1. The zero-order valence-electron chi connectivity index (χ0n) is 12.2.